The second kappa shape index (κ2) is 6.13. The van der Waals surface area contributed by atoms with E-state index in [1.54, 1.807) is 0 Å². The van der Waals surface area contributed by atoms with Crippen molar-refractivity contribution < 1.29 is 0 Å². The molecule has 3 atom stereocenters. The molecule has 3 rings (SSSR count). The van der Waals surface area contributed by atoms with Gasteiger partial charge in [0.05, 0.1) is 0 Å². The molecule has 3 saturated carbocycles. The fourth-order valence-corrected chi connectivity index (χ4v) is 3.85. The molecule has 110 valence electrons. The third kappa shape index (κ3) is 3.72. The van der Waals surface area contributed by atoms with Gasteiger partial charge in [0.15, 0.2) is 0 Å². The quantitative estimate of drug-likeness (QED) is 0.758. The smallest absolute Gasteiger partial charge is 0.0254 e. The standard InChI is InChI=1S/C17H32N2/c1-3-10-18-16-9-4-13(2)11-17(16)19(15-7-8-15)12-14-5-6-14/h13-18H,3-12H2,1-2H3. The van der Waals surface area contributed by atoms with E-state index in [1.165, 1.54) is 64.5 Å². The number of hydrogen-bond acceptors (Lipinski definition) is 2. The van der Waals surface area contributed by atoms with E-state index in [2.05, 4.69) is 24.1 Å². The van der Waals surface area contributed by atoms with E-state index in [9.17, 15) is 0 Å². The third-order valence-corrected chi connectivity index (χ3v) is 5.34. The number of rotatable bonds is 7. The Hall–Kier alpha value is -0.0800. The zero-order valence-electron chi connectivity index (χ0n) is 12.9. The molecule has 0 heterocycles. The molecule has 0 aliphatic heterocycles. The van der Waals surface area contributed by atoms with Gasteiger partial charge in [0.25, 0.3) is 0 Å². The lowest BCUT2D eigenvalue weighted by atomic mass is 9.82. The van der Waals surface area contributed by atoms with Gasteiger partial charge >= 0.3 is 0 Å². The first-order valence-electron chi connectivity index (χ1n) is 8.77. The number of nitrogens with one attached hydrogen (secondary N) is 1. The van der Waals surface area contributed by atoms with E-state index in [1.807, 2.05) is 0 Å². The van der Waals surface area contributed by atoms with Crippen LogP contribution >= 0.6 is 0 Å². The van der Waals surface area contributed by atoms with Crippen LogP contribution in [0, 0.1) is 11.8 Å². The Balaban J connectivity index is 1.64. The Kier molecular flexibility index (Phi) is 4.48. The van der Waals surface area contributed by atoms with Crippen molar-refractivity contribution in [1.82, 2.24) is 10.2 Å². The zero-order valence-corrected chi connectivity index (χ0v) is 12.9. The molecule has 3 aliphatic rings. The molecule has 3 aliphatic carbocycles. The summed E-state index contributed by atoms with van der Waals surface area (Å²) in [5.74, 6) is 1.98. The molecule has 2 heteroatoms. The van der Waals surface area contributed by atoms with Gasteiger partial charge in [-0.25, -0.2) is 0 Å². The topological polar surface area (TPSA) is 15.3 Å². The van der Waals surface area contributed by atoms with Crippen LogP contribution in [-0.2, 0) is 0 Å². The van der Waals surface area contributed by atoms with Crippen LogP contribution in [0.5, 0.6) is 0 Å². The summed E-state index contributed by atoms with van der Waals surface area (Å²) in [6.07, 6.45) is 11.5. The minimum Gasteiger partial charge on any atom is -0.312 e. The monoisotopic (exact) mass is 264 g/mol. The van der Waals surface area contributed by atoms with Gasteiger partial charge in [0.1, 0.15) is 0 Å². The molecule has 0 aromatic rings. The molecule has 0 spiro atoms. The highest BCUT2D eigenvalue weighted by molar-refractivity contribution is 4.98. The van der Waals surface area contributed by atoms with Crippen molar-refractivity contribution in [3.63, 3.8) is 0 Å². The summed E-state index contributed by atoms with van der Waals surface area (Å²) >= 11 is 0. The lowest BCUT2D eigenvalue weighted by molar-refractivity contribution is 0.0892. The highest BCUT2D eigenvalue weighted by Gasteiger charge is 2.41. The summed E-state index contributed by atoms with van der Waals surface area (Å²) in [7, 11) is 0. The summed E-state index contributed by atoms with van der Waals surface area (Å²) in [6, 6.07) is 2.56. The molecule has 3 unspecified atom stereocenters. The molecule has 1 N–H and O–H groups in total. The predicted molar refractivity (Wildman–Crippen MR) is 81.3 cm³/mol. The average molecular weight is 264 g/mol. The van der Waals surface area contributed by atoms with Crippen molar-refractivity contribution in [3.8, 4) is 0 Å². The van der Waals surface area contributed by atoms with E-state index in [4.69, 9.17) is 0 Å². The van der Waals surface area contributed by atoms with Crippen LogP contribution in [0.2, 0.25) is 0 Å². The molecule has 2 nitrogen and oxygen atoms in total. The van der Waals surface area contributed by atoms with Gasteiger partial charge in [-0.15, -0.1) is 0 Å². The molecule has 19 heavy (non-hydrogen) atoms. The summed E-state index contributed by atoms with van der Waals surface area (Å²) in [5.41, 5.74) is 0. The highest BCUT2D eigenvalue weighted by atomic mass is 15.2. The molecular weight excluding hydrogens is 232 g/mol. The molecule has 0 saturated heterocycles. The third-order valence-electron chi connectivity index (χ3n) is 5.34. The molecule has 0 aromatic heterocycles. The van der Waals surface area contributed by atoms with Crippen molar-refractivity contribution in [3.05, 3.63) is 0 Å². The molecule has 0 aromatic carbocycles. The van der Waals surface area contributed by atoms with Crippen molar-refractivity contribution in [2.45, 2.75) is 83.3 Å². The van der Waals surface area contributed by atoms with Crippen molar-refractivity contribution in [2.24, 2.45) is 11.8 Å². The molecule has 3 fully saturated rings. The number of hydrogen-bond donors (Lipinski definition) is 1. The first-order chi connectivity index (χ1) is 9.28. The largest absolute Gasteiger partial charge is 0.312 e. The Bertz CT molecular complexity index is 281. The molecule has 0 bridgehead atoms. The highest BCUT2D eigenvalue weighted by Crippen LogP contribution is 2.39. The lowest BCUT2D eigenvalue weighted by Gasteiger charge is -2.43. The van der Waals surface area contributed by atoms with Gasteiger partial charge in [0, 0.05) is 24.7 Å². The van der Waals surface area contributed by atoms with E-state index in [0.29, 0.717) is 0 Å². The van der Waals surface area contributed by atoms with Crippen LogP contribution in [0.4, 0.5) is 0 Å². The second-order valence-corrected chi connectivity index (χ2v) is 7.42. The van der Waals surface area contributed by atoms with E-state index >= 15 is 0 Å². The van der Waals surface area contributed by atoms with Crippen molar-refractivity contribution in [1.29, 1.82) is 0 Å². The Morgan fingerprint density at radius 3 is 2.47 bits per heavy atom. The van der Waals surface area contributed by atoms with Gasteiger partial charge < -0.3 is 5.32 Å². The normalized spacial score (nSPS) is 35.8. The first-order valence-corrected chi connectivity index (χ1v) is 8.77. The number of nitrogens with zero attached hydrogens (tertiary/aromatic N) is 1. The van der Waals surface area contributed by atoms with Crippen LogP contribution in [0.1, 0.15) is 65.2 Å². The van der Waals surface area contributed by atoms with E-state index in [0.717, 1.165) is 30.0 Å². The maximum atomic E-state index is 3.86. The van der Waals surface area contributed by atoms with Crippen LogP contribution in [0.3, 0.4) is 0 Å². The Labute approximate surface area is 119 Å². The minimum atomic E-state index is 0.774. The summed E-state index contributed by atoms with van der Waals surface area (Å²) < 4.78 is 0. The van der Waals surface area contributed by atoms with Gasteiger partial charge in [0.2, 0.25) is 0 Å². The maximum Gasteiger partial charge on any atom is 0.0254 e. The molecule has 0 radical (unpaired) electrons. The molecular formula is C17H32N2. The second-order valence-electron chi connectivity index (χ2n) is 7.42. The van der Waals surface area contributed by atoms with Gasteiger partial charge in [-0.3, -0.25) is 4.90 Å². The van der Waals surface area contributed by atoms with Crippen LogP contribution < -0.4 is 5.32 Å². The van der Waals surface area contributed by atoms with Crippen LogP contribution in [-0.4, -0.2) is 36.1 Å². The fraction of sp³-hybridized carbons (Fsp3) is 1.00. The van der Waals surface area contributed by atoms with Crippen LogP contribution in [0.25, 0.3) is 0 Å². The predicted octanol–water partition coefficient (Wildman–Crippen LogP) is 3.42. The van der Waals surface area contributed by atoms with Crippen molar-refractivity contribution in [2.75, 3.05) is 13.1 Å². The Morgan fingerprint density at radius 2 is 1.84 bits per heavy atom. The minimum absolute atomic E-state index is 0.774. The summed E-state index contributed by atoms with van der Waals surface area (Å²) in [6.45, 7) is 7.37. The van der Waals surface area contributed by atoms with Crippen LogP contribution in [0.15, 0.2) is 0 Å². The fourth-order valence-electron chi connectivity index (χ4n) is 3.85. The van der Waals surface area contributed by atoms with E-state index < -0.39 is 0 Å². The average Bonchev–Trinajstić information content (AvgIpc) is 3.27. The van der Waals surface area contributed by atoms with E-state index in [-0.39, 0.29) is 0 Å². The van der Waals surface area contributed by atoms with Gasteiger partial charge in [-0.2, -0.15) is 0 Å². The van der Waals surface area contributed by atoms with Crippen molar-refractivity contribution >= 4 is 0 Å². The zero-order chi connectivity index (χ0) is 13.2. The SMILES string of the molecule is CCCNC1CCC(C)CC1N(CC1CC1)C1CC1. The lowest BCUT2D eigenvalue weighted by Crippen LogP contribution is -2.54. The van der Waals surface area contributed by atoms with Gasteiger partial charge in [-0.05, 0) is 69.7 Å². The maximum absolute atomic E-state index is 3.86. The van der Waals surface area contributed by atoms with Gasteiger partial charge in [-0.1, -0.05) is 13.8 Å². The summed E-state index contributed by atoms with van der Waals surface area (Å²) in [4.78, 5) is 2.93. The molecule has 0 amide bonds. The first kappa shape index (κ1) is 13.9. The summed E-state index contributed by atoms with van der Waals surface area (Å²) in [5, 5.41) is 3.86. The Morgan fingerprint density at radius 1 is 1.05 bits per heavy atom.